The van der Waals surface area contributed by atoms with Gasteiger partial charge in [-0.15, -0.1) is 0 Å². The number of pyridine rings is 1. The third kappa shape index (κ3) is 4.45. The first-order valence-electron chi connectivity index (χ1n) is 7.80. The molecule has 1 aliphatic heterocycles. The maximum Gasteiger partial charge on any atom is 0.433 e. The first-order chi connectivity index (χ1) is 11.1. The summed E-state index contributed by atoms with van der Waals surface area (Å²) in [7, 11) is 0. The fraction of sp³-hybridized carbons (Fsp3) is 0.625. The Kier molecular flexibility index (Phi) is 5.49. The van der Waals surface area contributed by atoms with Crippen molar-refractivity contribution in [3.05, 3.63) is 29.6 Å². The molecule has 5 nitrogen and oxygen atoms in total. The summed E-state index contributed by atoms with van der Waals surface area (Å²) in [5.41, 5.74) is -1.16. The highest BCUT2D eigenvalue weighted by Gasteiger charge is 2.36. The van der Waals surface area contributed by atoms with Gasteiger partial charge in [0.05, 0.1) is 18.7 Å². The molecule has 1 aliphatic rings. The lowest BCUT2D eigenvalue weighted by molar-refractivity contribution is -0.141. The Hall–Kier alpha value is -1.67. The molecule has 0 bridgehead atoms. The van der Waals surface area contributed by atoms with E-state index in [0.717, 1.165) is 6.07 Å². The molecule has 24 heavy (non-hydrogen) atoms. The van der Waals surface area contributed by atoms with Crippen LogP contribution in [0.2, 0.25) is 0 Å². The summed E-state index contributed by atoms with van der Waals surface area (Å²) in [5, 5.41) is 9.09. The summed E-state index contributed by atoms with van der Waals surface area (Å²) in [6.07, 6.45) is -4.67. The maximum absolute atomic E-state index is 12.7. The minimum atomic E-state index is -4.52. The van der Waals surface area contributed by atoms with E-state index in [4.69, 9.17) is 5.11 Å². The minimum absolute atomic E-state index is 0.0472. The molecule has 0 unspecified atom stereocenters. The number of rotatable bonds is 4. The highest BCUT2D eigenvalue weighted by atomic mass is 19.4. The van der Waals surface area contributed by atoms with Crippen molar-refractivity contribution >= 4 is 5.91 Å². The number of carbonyl (C=O) groups excluding carboxylic acids is 1. The van der Waals surface area contributed by atoms with E-state index < -0.39 is 11.9 Å². The smallest absolute Gasteiger partial charge is 0.395 e. The van der Waals surface area contributed by atoms with Crippen molar-refractivity contribution in [2.45, 2.75) is 32.0 Å². The van der Waals surface area contributed by atoms with Crippen molar-refractivity contribution in [3.8, 4) is 0 Å². The normalized spacial score (nSPS) is 18.7. The Balaban J connectivity index is 2.03. The summed E-state index contributed by atoms with van der Waals surface area (Å²) in [6, 6.07) is 3.59. The third-order valence-corrected chi connectivity index (χ3v) is 4.23. The fourth-order valence-electron chi connectivity index (χ4n) is 2.94. The van der Waals surface area contributed by atoms with E-state index in [1.807, 2.05) is 13.8 Å². The van der Waals surface area contributed by atoms with Crippen LogP contribution in [0, 0.1) is 0 Å². The molecule has 0 saturated carbocycles. The number of hydrogen-bond acceptors (Lipinski definition) is 4. The molecule has 2 rings (SSSR count). The van der Waals surface area contributed by atoms with Gasteiger partial charge >= 0.3 is 6.18 Å². The molecular weight excluding hydrogens is 323 g/mol. The number of halogens is 3. The van der Waals surface area contributed by atoms with E-state index in [2.05, 4.69) is 9.88 Å². The molecule has 1 amide bonds. The second-order valence-corrected chi connectivity index (χ2v) is 6.53. The number of piperazine rings is 1. The van der Waals surface area contributed by atoms with Gasteiger partial charge < -0.3 is 10.0 Å². The monoisotopic (exact) mass is 345 g/mol. The number of β-amino-alcohol motifs (C(OH)–C–C–N with tert-alkyl or cyclic N) is 1. The first kappa shape index (κ1) is 18.7. The zero-order valence-electron chi connectivity index (χ0n) is 13.8. The standard InChI is InChI=1S/C16H22F3N3O2/c1-15(2)11-21(6-7-22(15)8-9-23)14(24)10-12-4-3-5-13(20-12)16(17,18)19/h3-5,23H,6-11H2,1-2H3. The van der Waals surface area contributed by atoms with Gasteiger partial charge in [-0.05, 0) is 26.0 Å². The summed E-state index contributed by atoms with van der Waals surface area (Å²) in [6.45, 7) is 6.10. The highest BCUT2D eigenvalue weighted by Crippen LogP contribution is 2.27. The molecule has 1 saturated heterocycles. The maximum atomic E-state index is 12.7. The van der Waals surface area contributed by atoms with Crippen molar-refractivity contribution in [1.29, 1.82) is 0 Å². The molecule has 8 heteroatoms. The van der Waals surface area contributed by atoms with Gasteiger partial charge in [0.25, 0.3) is 0 Å². The number of amides is 1. The van der Waals surface area contributed by atoms with Crippen LogP contribution in [-0.4, -0.2) is 64.1 Å². The van der Waals surface area contributed by atoms with Crippen LogP contribution < -0.4 is 0 Å². The molecule has 1 fully saturated rings. The Labute approximate surface area is 139 Å². The molecular formula is C16H22F3N3O2. The van der Waals surface area contributed by atoms with E-state index in [9.17, 15) is 18.0 Å². The Morgan fingerprint density at radius 3 is 2.62 bits per heavy atom. The zero-order valence-corrected chi connectivity index (χ0v) is 13.8. The van der Waals surface area contributed by atoms with Gasteiger partial charge in [-0.3, -0.25) is 9.69 Å². The van der Waals surface area contributed by atoms with Crippen LogP contribution in [0.5, 0.6) is 0 Å². The van der Waals surface area contributed by atoms with Crippen molar-refractivity contribution < 1.29 is 23.1 Å². The first-order valence-corrected chi connectivity index (χ1v) is 7.80. The summed E-state index contributed by atoms with van der Waals surface area (Å²) in [4.78, 5) is 19.7. The average Bonchev–Trinajstić information content (AvgIpc) is 2.48. The zero-order chi connectivity index (χ0) is 18.0. The second-order valence-electron chi connectivity index (χ2n) is 6.53. The van der Waals surface area contributed by atoms with Crippen molar-refractivity contribution in [1.82, 2.24) is 14.8 Å². The molecule has 1 aromatic heterocycles. The molecule has 2 heterocycles. The summed E-state index contributed by atoms with van der Waals surface area (Å²) in [5.74, 6) is -0.237. The number of aromatic nitrogens is 1. The van der Waals surface area contributed by atoms with Crippen molar-refractivity contribution in [2.24, 2.45) is 0 Å². The molecule has 1 N–H and O–H groups in total. The van der Waals surface area contributed by atoms with Crippen LogP contribution in [0.4, 0.5) is 13.2 Å². The highest BCUT2D eigenvalue weighted by molar-refractivity contribution is 5.78. The van der Waals surface area contributed by atoms with Crippen LogP contribution in [0.1, 0.15) is 25.2 Å². The Morgan fingerprint density at radius 2 is 2.04 bits per heavy atom. The lowest BCUT2D eigenvalue weighted by Gasteiger charge is -2.47. The fourth-order valence-corrected chi connectivity index (χ4v) is 2.94. The molecule has 0 aromatic carbocycles. The van der Waals surface area contributed by atoms with Gasteiger partial charge in [0.2, 0.25) is 5.91 Å². The number of aliphatic hydroxyl groups is 1. The van der Waals surface area contributed by atoms with Crippen molar-refractivity contribution in [3.63, 3.8) is 0 Å². The third-order valence-electron chi connectivity index (χ3n) is 4.23. The topological polar surface area (TPSA) is 56.7 Å². The molecule has 0 aliphatic carbocycles. The van der Waals surface area contributed by atoms with Gasteiger partial charge in [-0.25, -0.2) is 4.98 Å². The molecule has 134 valence electrons. The number of nitrogens with zero attached hydrogens (tertiary/aromatic N) is 3. The number of carbonyl (C=O) groups is 1. The molecule has 0 spiro atoms. The SMILES string of the molecule is CC1(C)CN(C(=O)Cc2cccc(C(F)(F)F)n2)CCN1CCO. The van der Waals surface area contributed by atoms with Crippen LogP contribution in [-0.2, 0) is 17.4 Å². The Morgan fingerprint density at radius 1 is 1.33 bits per heavy atom. The Bertz CT molecular complexity index is 590. The summed E-state index contributed by atoms with van der Waals surface area (Å²) < 4.78 is 38.1. The van der Waals surface area contributed by atoms with Crippen LogP contribution >= 0.6 is 0 Å². The molecule has 0 atom stereocenters. The molecule has 1 aromatic rings. The van der Waals surface area contributed by atoms with Gasteiger partial charge in [-0.2, -0.15) is 13.2 Å². The summed E-state index contributed by atoms with van der Waals surface area (Å²) >= 11 is 0. The van der Waals surface area contributed by atoms with E-state index in [1.54, 1.807) is 4.90 Å². The molecule has 0 radical (unpaired) electrons. The van der Waals surface area contributed by atoms with Crippen LogP contribution in [0.15, 0.2) is 18.2 Å². The van der Waals surface area contributed by atoms with E-state index in [1.165, 1.54) is 12.1 Å². The average molecular weight is 345 g/mol. The predicted molar refractivity (Wildman–Crippen MR) is 82.3 cm³/mol. The van der Waals surface area contributed by atoms with Crippen LogP contribution in [0.25, 0.3) is 0 Å². The second kappa shape index (κ2) is 7.06. The van der Waals surface area contributed by atoms with Gasteiger partial charge in [0, 0.05) is 31.7 Å². The van der Waals surface area contributed by atoms with E-state index in [-0.39, 0.29) is 30.2 Å². The lowest BCUT2D eigenvalue weighted by atomic mass is 9.98. The van der Waals surface area contributed by atoms with Gasteiger partial charge in [0.1, 0.15) is 5.69 Å². The number of aliphatic hydroxyl groups excluding tert-OH is 1. The van der Waals surface area contributed by atoms with Crippen molar-refractivity contribution in [2.75, 3.05) is 32.8 Å². The largest absolute Gasteiger partial charge is 0.433 e. The predicted octanol–water partition coefficient (Wildman–Crippen LogP) is 1.56. The van der Waals surface area contributed by atoms with Gasteiger partial charge in [-0.1, -0.05) is 6.07 Å². The van der Waals surface area contributed by atoms with E-state index >= 15 is 0 Å². The van der Waals surface area contributed by atoms with E-state index in [0.29, 0.717) is 26.2 Å². The quantitative estimate of drug-likeness (QED) is 0.900. The number of alkyl halides is 3. The van der Waals surface area contributed by atoms with Crippen LogP contribution in [0.3, 0.4) is 0 Å². The van der Waals surface area contributed by atoms with Gasteiger partial charge in [0.15, 0.2) is 0 Å². The minimum Gasteiger partial charge on any atom is -0.395 e. The number of hydrogen-bond donors (Lipinski definition) is 1. The lowest BCUT2D eigenvalue weighted by Crippen LogP contribution is -2.61.